The first-order chi connectivity index (χ1) is 9.92. The van der Waals surface area contributed by atoms with Gasteiger partial charge in [0.1, 0.15) is 5.75 Å². The SMILES string of the molecule is COC(=O)COc1cccc(NC(=O)CN(C)C(C)=O)c1. The van der Waals surface area contributed by atoms with Crippen LogP contribution >= 0.6 is 0 Å². The zero-order valence-electron chi connectivity index (χ0n) is 12.2. The van der Waals surface area contributed by atoms with Crippen molar-refractivity contribution in [1.82, 2.24) is 4.90 Å². The number of hydrogen-bond acceptors (Lipinski definition) is 5. The van der Waals surface area contributed by atoms with Crippen molar-refractivity contribution in [2.24, 2.45) is 0 Å². The maximum Gasteiger partial charge on any atom is 0.343 e. The van der Waals surface area contributed by atoms with Crippen LogP contribution in [0.2, 0.25) is 0 Å². The summed E-state index contributed by atoms with van der Waals surface area (Å²) in [6, 6.07) is 6.59. The molecule has 0 aliphatic carbocycles. The van der Waals surface area contributed by atoms with Crippen LogP contribution in [-0.4, -0.2) is 50.0 Å². The fraction of sp³-hybridized carbons (Fsp3) is 0.357. The van der Waals surface area contributed by atoms with E-state index in [1.807, 2.05) is 0 Å². The zero-order chi connectivity index (χ0) is 15.8. The Morgan fingerprint density at radius 1 is 1.29 bits per heavy atom. The van der Waals surface area contributed by atoms with Gasteiger partial charge in [-0.3, -0.25) is 9.59 Å². The summed E-state index contributed by atoms with van der Waals surface area (Å²) in [4.78, 5) is 35.1. The van der Waals surface area contributed by atoms with Gasteiger partial charge in [-0.25, -0.2) is 4.79 Å². The van der Waals surface area contributed by atoms with Crippen LogP contribution in [0.5, 0.6) is 5.75 Å². The van der Waals surface area contributed by atoms with Crippen LogP contribution in [0.3, 0.4) is 0 Å². The number of amides is 2. The van der Waals surface area contributed by atoms with Gasteiger partial charge in [-0.15, -0.1) is 0 Å². The van der Waals surface area contributed by atoms with Crippen molar-refractivity contribution in [1.29, 1.82) is 0 Å². The average molecular weight is 294 g/mol. The molecular weight excluding hydrogens is 276 g/mol. The van der Waals surface area contributed by atoms with Crippen molar-refractivity contribution < 1.29 is 23.9 Å². The fourth-order valence-corrected chi connectivity index (χ4v) is 1.39. The van der Waals surface area contributed by atoms with Crippen LogP contribution < -0.4 is 10.1 Å². The summed E-state index contributed by atoms with van der Waals surface area (Å²) in [7, 11) is 2.81. The van der Waals surface area contributed by atoms with Crippen molar-refractivity contribution in [3.8, 4) is 5.75 Å². The number of nitrogens with one attached hydrogen (secondary N) is 1. The molecule has 1 rings (SSSR count). The molecule has 0 saturated heterocycles. The Hall–Kier alpha value is -2.57. The van der Waals surface area contributed by atoms with Crippen LogP contribution in [0.4, 0.5) is 5.69 Å². The van der Waals surface area contributed by atoms with E-state index in [0.717, 1.165) is 0 Å². The first kappa shape index (κ1) is 16.5. The number of hydrogen-bond donors (Lipinski definition) is 1. The second-order valence-electron chi connectivity index (χ2n) is 4.32. The molecular formula is C14H18N2O5. The lowest BCUT2D eigenvalue weighted by molar-refractivity contribution is -0.142. The van der Waals surface area contributed by atoms with Gasteiger partial charge in [-0.05, 0) is 12.1 Å². The third-order valence-electron chi connectivity index (χ3n) is 2.62. The van der Waals surface area contributed by atoms with Crippen molar-refractivity contribution in [3.05, 3.63) is 24.3 Å². The highest BCUT2D eigenvalue weighted by molar-refractivity contribution is 5.94. The summed E-state index contributed by atoms with van der Waals surface area (Å²) < 4.78 is 9.67. The molecule has 0 spiro atoms. The lowest BCUT2D eigenvalue weighted by Gasteiger charge is -2.14. The second kappa shape index (κ2) is 7.88. The summed E-state index contributed by atoms with van der Waals surface area (Å²) in [6.45, 7) is 1.14. The molecule has 0 aliphatic rings. The number of benzene rings is 1. The topological polar surface area (TPSA) is 84.9 Å². The van der Waals surface area contributed by atoms with Crippen molar-refractivity contribution >= 4 is 23.5 Å². The number of rotatable bonds is 6. The monoisotopic (exact) mass is 294 g/mol. The van der Waals surface area contributed by atoms with E-state index in [1.165, 1.54) is 26.0 Å². The molecule has 2 amide bonds. The lowest BCUT2D eigenvalue weighted by atomic mass is 10.3. The minimum Gasteiger partial charge on any atom is -0.482 e. The fourth-order valence-electron chi connectivity index (χ4n) is 1.39. The molecule has 0 radical (unpaired) electrons. The molecule has 1 aromatic rings. The highest BCUT2D eigenvalue weighted by atomic mass is 16.6. The first-order valence-corrected chi connectivity index (χ1v) is 6.23. The zero-order valence-corrected chi connectivity index (χ0v) is 12.2. The number of anilines is 1. The van der Waals surface area contributed by atoms with E-state index in [0.29, 0.717) is 11.4 Å². The summed E-state index contributed by atoms with van der Waals surface area (Å²) in [5.41, 5.74) is 0.513. The van der Waals surface area contributed by atoms with E-state index >= 15 is 0 Å². The molecule has 0 unspecified atom stereocenters. The Balaban J connectivity index is 2.58. The molecule has 0 atom stereocenters. The normalized spacial score (nSPS) is 9.67. The van der Waals surface area contributed by atoms with Crippen molar-refractivity contribution in [2.75, 3.05) is 32.6 Å². The Bertz CT molecular complexity index is 530. The molecule has 0 bridgehead atoms. The standard InChI is InChI=1S/C14H18N2O5/c1-10(17)16(2)8-13(18)15-11-5-4-6-12(7-11)21-9-14(19)20-3/h4-7H,8-9H2,1-3H3,(H,15,18). The highest BCUT2D eigenvalue weighted by Crippen LogP contribution is 2.17. The minimum atomic E-state index is -0.493. The summed E-state index contributed by atoms with van der Waals surface area (Å²) >= 11 is 0. The van der Waals surface area contributed by atoms with Crippen LogP contribution in [0, 0.1) is 0 Å². The Morgan fingerprint density at radius 3 is 2.62 bits per heavy atom. The Kier molecular flexibility index (Phi) is 6.19. The third kappa shape index (κ3) is 5.94. The van der Waals surface area contributed by atoms with Gasteiger partial charge in [-0.1, -0.05) is 6.07 Å². The number of methoxy groups -OCH3 is 1. The van der Waals surface area contributed by atoms with Crippen molar-refractivity contribution in [2.45, 2.75) is 6.92 Å². The average Bonchev–Trinajstić information content (AvgIpc) is 2.44. The number of carbonyl (C=O) groups is 3. The van der Waals surface area contributed by atoms with Gasteiger partial charge in [-0.2, -0.15) is 0 Å². The van der Waals surface area contributed by atoms with E-state index in [1.54, 1.807) is 24.3 Å². The molecule has 7 nitrogen and oxygen atoms in total. The van der Waals surface area contributed by atoms with Gasteiger partial charge in [0.25, 0.3) is 0 Å². The lowest BCUT2D eigenvalue weighted by Crippen LogP contribution is -2.33. The number of esters is 1. The van der Waals surface area contributed by atoms with Crippen LogP contribution in [0.25, 0.3) is 0 Å². The van der Waals surface area contributed by atoms with Crippen LogP contribution in [-0.2, 0) is 19.1 Å². The predicted octanol–water partition coefficient (Wildman–Crippen LogP) is 0.655. The van der Waals surface area contributed by atoms with E-state index in [2.05, 4.69) is 10.1 Å². The van der Waals surface area contributed by atoms with Gasteiger partial charge in [0.2, 0.25) is 11.8 Å². The van der Waals surface area contributed by atoms with E-state index in [9.17, 15) is 14.4 Å². The van der Waals surface area contributed by atoms with Crippen molar-refractivity contribution in [3.63, 3.8) is 0 Å². The number of likely N-dealkylation sites (N-methyl/N-ethyl adjacent to an activating group) is 1. The van der Waals surface area contributed by atoms with Gasteiger partial charge in [0.05, 0.1) is 13.7 Å². The third-order valence-corrected chi connectivity index (χ3v) is 2.62. The van der Waals surface area contributed by atoms with Crippen LogP contribution in [0.1, 0.15) is 6.92 Å². The quantitative estimate of drug-likeness (QED) is 0.779. The molecule has 1 N–H and O–H groups in total. The number of nitrogens with zero attached hydrogens (tertiary/aromatic N) is 1. The summed E-state index contributed by atoms with van der Waals surface area (Å²) in [6.07, 6.45) is 0. The molecule has 7 heteroatoms. The summed E-state index contributed by atoms with van der Waals surface area (Å²) in [5.74, 6) is -0.580. The van der Waals surface area contributed by atoms with E-state index in [4.69, 9.17) is 4.74 Å². The maximum atomic E-state index is 11.7. The van der Waals surface area contributed by atoms with Gasteiger partial charge in [0.15, 0.2) is 6.61 Å². The van der Waals surface area contributed by atoms with E-state index in [-0.39, 0.29) is 25.0 Å². The predicted molar refractivity (Wildman–Crippen MR) is 75.9 cm³/mol. The molecule has 0 aromatic heterocycles. The molecule has 1 aromatic carbocycles. The van der Waals surface area contributed by atoms with Gasteiger partial charge in [0, 0.05) is 25.7 Å². The van der Waals surface area contributed by atoms with Crippen LogP contribution in [0.15, 0.2) is 24.3 Å². The highest BCUT2D eigenvalue weighted by Gasteiger charge is 2.09. The Morgan fingerprint density at radius 2 is 2.00 bits per heavy atom. The smallest absolute Gasteiger partial charge is 0.343 e. The van der Waals surface area contributed by atoms with E-state index < -0.39 is 5.97 Å². The second-order valence-corrected chi connectivity index (χ2v) is 4.32. The molecule has 0 heterocycles. The Labute approximate surface area is 122 Å². The van der Waals surface area contributed by atoms with Gasteiger partial charge >= 0.3 is 5.97 Å². The molecule has 21 heavy (non-hydrogen) atoms. The maximum absolute atomic E-state index is 11.7. The summed E-state index contributed by atoms with van der Waals surface area (Å²) in [5, 5.41) is 2.64. The molecule has 0 fully saturated rings. The largest absolute Gasteiger partial charge is 0.482 e. The van der Waals surface area contributed by atoms with Gasteiger partial charge < -0.3 is 19.7 Å². The first-order valence-electron chi connectivity index (χ1n) is 6.23. The molecule has 0 saturated carbocycles. The molecule has 114 valence electrons. The molecule has 0 aliphatic heterocycles. The number of carbonyl (C=O) groups excluding carboxylic acids is 3. The minimum absolute atomic E-state index is 0.0391. The number of ether oxygens (including phenoxy) is 2.